The molecule has 0 radical (unpaired) electrons. The minimum Gasteiger partial charge on any atom is -0.352 e. The molecular weight excluding hydrogens is 576 g/mol. The summed E-state index contributed by atoms with van der Waals surface area (Å²) in [7, 11) is 0.761. The van der Waals surface area contributed by atoms with Gasteiger partial charge in [-0.1, -0.05) is 41.9 Å². The molecule has 4 rings (SSSR count). The van der Waals surface area contributed by atoms with Gasteiger partial charge in [-0.3, -0.25) is 14.6 Å². The highest BCUT2D eigenvalue weighted by atomic mass is 35.5. The number of amides is 1. The van der Waals surface area contributed by atoms with Gasteiger partial charge in [-0.2, -0.15) is 45.3 Å². The van der Waals surface area contributed by atoms with Crippen molar-refractivity contribution in [3.8, 4) is 22.9 Å². The number of nitrogens with one attached hydrogen (secondary N) is 2. The Balaban J connectivity index is 1.65. The van der Waals surface area contributed by atoms with Crippen LogP contribution in [0.15, 0.2) is 48.5 Å². The van der Waals surface area contributed by atoms with Gasteiger partial charge in [-0.15, -0.1) is 0 Å². The first-order valence-corrected chi connectivity index (χ1v) is 11.6. The number of aryl methyl sites for hydroxylation is 1. The van der Waals surface area contributed by atoms with Gasteiger partial charge in [0.15, 0.2) is 17.3 Å². The van der Waals surface area contributed by atoms with E-state index in [2.05, 4.69) is 25.6 Å². The van der Waals surface area contributed by atoms with Gasteiger partial charge in [0.1, 0.15) is 11.3 Å². The molecule has 2 heterocycles. The molecule has 212 valence electrons. The molecule has 2 aromatic carbocycles. The fourth-order valence-corrected chi connectivity index (χ4v) is 3.98. The van der Waals surface area contributed by atoms with Gasteiger partial charge in [0.25, 0.3) is 0 Å². The summed E-state index contributed by atoms with van der Waals surface area (Å²) >= 11 is 6.19. The van der Waals surface area contributed by atoms with Crippen LogP contribution in [0.1, 0.15) is 22.4 Å². The number of halogens is 9. The molecule has 0 atom stereocenters. The first-order valence-electron chi connectivity index (χ1n) is 11.2. The number of carbonyl (C=O) groups is 1. The number of H-pyrrole nitrogens is 1. The molecule has 2 N–H and O–H groups in total. The highest BCUT2D eigenvalue weighted by Gasteiger charge is 2.64. The summed E-state index contributed by atoms with van der Waals surface area (Å²) in [5, 5.41) is 11.7. The van der Waals surface area contributed by atoms with Crippen LogP contribution < -0.4 is 5.32 Å². The van der Waals surface area contributed by atoms with Gasteiger partial charge < -0.3 is 5.32 Å². The second kappa shape index (κ2) is 10.5. The summed E-state index contributed by atoms with van der Waals surface area (Å²) < 4.78 is 108. The molecule has 0 aliphatic rings. The number of aromatic nitrogens is 5. The first kappa shape index (κ1) is 29.0. The number of hydrogen-bond donors (Lipinski definition) is 2. The molecule has 0 bridgehead atoms. The van der Waals surface area contributed by atoms with E-state index < -0.39 is 41.1 Å². The van der Waals surface area contributed by atoms with Crippen LogP contribution in [0.25, 0.3) is 22.9 Å². The van der Waals surface area contributed by atoms with Crippen molar-refractivity contribution in [2.75, 3.05) is 0 Å². The number of rotatable bonds is 7. The summed E-state index contributed by atoms with van der Waals surface area (Å²) in [4.78, 5) is 16.3. The summed E-state index contributed by atoms with van der Waals surface area (Å²) in [5.74, 6) is -7.29. The van der Waals surface area contributed by atoms with E-state index in [1.807, 2.05) is 18.2 Å². The zero-order valence-electron chi connectivity index (χ0n) is 20.1. The van der Waals surface area contributed by atoms with Gasteiger partial charge in [0.05, 0.1) is 6.42 Å². The van der Waals surface area contributed by atoms with Gasteiger partial charge >= 0.3 is 18.3 Å². The van der Waals surface area contributed by atoms with Crippen LogP contribution in [0.5, 0.6) is 0 Å². The molecule has 0 saturated carbocycles. The summed E-state index contributed by atoms with van der Waals surface area (Å²) in [6.45, 7) is 0.253. The zero-order valence-corrected chi connectivity index (χ0v) is 20.9. The minimum atomic E-state index is -6.34. The van der Waals surface area contributed by atoms with Crippen LogP contribution in [0.3, 0.4) is 0 Å². The second-order valence-corrected chi connectivity index (χ2v) is 8.93. The molecule has 0 aliphatic heterocycles. The van der Waals surface area contributed by atoms with Gasteiger partial charge in [-0.25, -0.2) is 4.98 Å². The lowest BCUT2D eigenvalue weighted by Crippen LogP contribution is -2.36. The fourth-order valence-electron chi connectivity index (χ4n) is 3.80. The molecule has 0 unspecified atom stereocenters. The van der Waals surface area contributed by atoms with Gasteiger partial charge in [-0.05, 0) is 29.3 Å². The Kier molecular flexibility index (Phi) is 7.62. The lowest BCUT2D eigenvalue weighted by atomic mass is 10.1. The van der Waals surface area contributed by atoms with Crippen molar-refractivity contribution in [1.29, 1.82) is 0 Å². The van der Waals surface area contributed by atoms with Crippen LogP contribution in [0, 0.1) is 0 Å². The molecule has 4 aromatic rings. The van der Waals surface area contributed by atoms with Crippen molar-refractivity contribution >= 4 is 17.5 Å². The fraction of sp³-hybridized carbons (Fsp3) is 0.250. The van der Waals surface area contributed by atoms with Crippen molar-refractivity contribution in [3.63, 3.8) is 0 Å². The lowest BCUT2D eigenvalue weighted by molar-refractivity contribution is -0.292. The maximum absolute atomic E-state index is 14.0. The van der Waals surface area contributed by atoms with Crippen LogP contribution in [0.4, 0.5) is 35.1 Å². The van der Waals surface area contributed by atoms with Gasteiger partial charge in [0, 0.05) is 24.2 Å². The number of alkyl halides is 8. The molecule has 40 heavy (non-hydrogen) atoms. The molecule has 0 saturated heterocycles. The highest BCUT2D eigenvalue weighted by molar-refractivity contribution is 6.31. The quantitative estimate of drug-likeness (QED) is 0.256. The van der Waals surface area contributed by atoms with Crippen LogP contribution >= 0.6 is 11.6 Å². The monoisotopic (exact) mass is 592 g/mol. The van der Waals surface area contributed by atoms with Crippen LogP contribution in [-0.4, -0.2) is 37.0 Å². The number of benzene rings is 2. The van der Waals surface area contributed by atoms with E-state index >= 15 is 0 Å². The molecular formula is C24H17ClF8N6O. The third-order valence-corrected chi connectivity index (χ3v) is 6.05. The van der Waals surface area contributed by atoms with Crippen molar-refractivity contribution in [2.45, 2.75) is 31.2 Å². The van der Waals surface area contributed by atoms with E-state index in [-0.39, 0.29) is 40.0 Å². The third kappa shape index (κ3) is 5.78. The normalized spacial score (nSPS) is 12.6. The molecule has 0 aliphatic carbocycles. The van der Waals surface area contributed by atoms with Crippen LogP contribution in [0.2, 0.25) is 5.02 Å². The average Bonchev–Trinajstić information content (AvgIpc) is 3.49. The maximum atomic E-state index is 14.0. The minimum absolute atomic E-state index is 0.174. The maximum Gasteiger partial charge on any atom is 0.459 e. The van der Waals surface area contributed by atoms with Crippen LogP contribution in [-0.2, 0) is 36.9 Å². The van der Waals surface area contributed by atoms with Crippen molar-refractivity contribution in [1.82, 2.24) is 30.3 Å². The number of hydrogen-bond acceptors (Lipinski definition) is 4. The predicted molar refractivity (Wildman–Crippen MR) is 126 cm³/mol. The molecule has 16 heteroatoms. The number of carbonyl (C=O) groups excluding carboxylic acids is 1. The molecule has 0 fully saturated rings. The Morgan fingerprint density at radius 2 is 1.70 bits per heavy atom. The number of nitrogens with zero attached hydrogens (tertiary/aromatic N) is 4. The Hall–Kier alpha value is -4.01. The van der Waals surface area contributed by atoms with E-state index in [9.17, 15) is 39.9 Å². The standard InChI is InChI=1S/C24H17ClF8N6O/c1-39-18(17(23(28,29)30)19(38-39)22(26,27)24(31,32)33)21-35-20(36-37-21)13-7-8-15(25)14(9-13)10-16(40)34-11-12-5-3-2-4-6-12/h2-9H,10-11H2,1H3,(H,34,40)(H,35,36,37). The van der Waals surface area contributed by atoms with E-state index in [1.54, 1.807) is 12.1 Å². The SMILES string of the molecule is Cn1nc(C(F)(F)C(F)(F)F)c(C(F)(F)F)c1-c1nc(-c2ccc(Cl)c(CC(=O)NCc3ccccc3)c2)n[nH]1. The average molecular weight is 593 g/mol. The first-order chi connectivity index (χ1) is 18.6. The van der Waals surface area contributed by atoms with Gasteiger partial charge in [0.2, 0.25) is 5.91 Å². The molecule has 0 spiro atoms. The Bertz CT molecular complexity index is 1530. The van der Waals surface area contributed by atoms with Crippen molar-refractivity contribution < 1.29 is 39.9 Å². The molecule has 2 aromatic heterocycles. The second-order valence-electron chi connectivity index (χ2n) is 8.52. The van der Waals surface area contributed by atoms with Crippen molar-refractivity contribution in [2.24, 2.45) is 7.05 Å². The topological polar surface area (TPSA) is 88.5 Å². The Morgan fingerprint density at radius 1 is 1.02 bits per heavy atom. The summed E-state index contributed by atoms with van der Waals surface area (Å²) in [6, 6.07) is 13.2. The molecule has 1 amide bonds. The largest absolute Gasteiger partial charge is 0.459 e. The van der Waals surface area contributed by atoms with E-state index in [1.165, 1.54) is 18.2 Å². The number of aromatic amines is 1. The van der Waals surface area contributed by atoms with E-state index in [4.69, 9.17) is 11.6 Å². The highest BCUT2D eigenvalue weighted by Crippen LogP contribution is 2.50. The summed E-state index contributed by atoms with van der Waals surface area (Å²) in [5.41, 5.74) is -4.66. The third-order valence-electron chi connectivity index (χ3n) is 5.68. The van der Waals surface area contributed by atoms with E-state index in [0.717, 1.165) is 12.6 Å². The van der Waals surface area contributed by atoms with Crippen molar-refractivity contribution in [3.05, 3.63) is 75.9 Å². The lowest BCUT2D eigenvalue weighted by Gasteiger charge is -2.19. The smallest absolute Gasteiger partial charge is 0.352 e. The summed E-state index contributed by atoms with van der Waals surface area (Å²) in [6.07, 6.45) is -12.2. The predicted octanol–water partition coefficient (Wildman–Crippen LogP) is 6.06. The Labute approximate surface area is 225 Å². The van der Waals surface area contributed by atoms with E-state index in [0.29, 0.717) is 5.56 Å². The Morgan fingerprint density at radius 3 is 2.33 bits per heavy atom. The zero-order chi connectivity index (χ0) is 29.5. The molecule has 7 nitrogen and oxygen atoms in total.